The molecule has 0 radical (unpaired) electrons. The van der Waals surface area contributed by atoms with Crippen LogP contribution in [-0.4, -0.2) is 21.1 Å². The van der Waals surface area contributed by atoms with Gasteiger partial charge < -0.3 is 9.88 Å². The zero-order valence-corrected chi connectivity index (χ0v) is 11.2. The van der Waals surface area contributed by atoms with Crippen molar-refractivity contribution in [2.75, 3.05) is 6.54 Å². The van der Waals surface area contributed by atoms with E-state index in [1.807, 2.05) is 24.8 Å². The van der Waals surface area contributed by atoms with E-state index in [0.29, 0.717) is 0 Å². The molecule has 2 aromatic rings. The minimum absolute atomic E-state index is 0.109. The van der Waals surface area contributed by atoms with Crippen molar-refractivity contribution in [3.05, 3.63) is 47.8 Å². The Balaban J connectivity index is 2.39. The van der Waals surface area contributed by atoms with E-state index in [4.69, 9.17) is 0 Å². The second-order valence-corrected chi connectivity index (χ2v) is 4.36. The van der Waals surface area contributed by atoms with Gasteiger partial charge in [-0.3, -0.25) is 4.98 Å². The number of aromatic nitrogens is 3. The third-order valence-electron chi connectivity index (χ3n) is 2.98. The zero-order valence-electron chi connectivity index (χ0n) is 11.2. The number of aryl methyl sites for hydroxylation is 2. The van der Waals surface area contributed by atoms with Crippen molar-refractivity contribution >= 4 is 0 Å². The van der Waals surface area contributed by atoms with Crippen LogP contribution in [0.3, 0.4) is 0 Å². The van der Waals surface area contributed by atoms with Crippen molar-refractivity contribution in [2.24, 2.45) is 0 Å². The van der Waals surface area contributed by atoms with Gasteiger partial charge in [-0.15, -0.1) is 0 Å². The molecule has 0 saturated carbocycles. The quantitative estimate of drug-likeness (QED) is 0.877. The van der Waals surface area contributed by atoms with Gasteiger partial charge in [0.25, 0.3) is 0 Å². The predicted octanol–water partition coefficient (Wildman–Crippen LogP) is 2.31. The van der Waals surface area contributed by atoms with Crippen LogP contribution in [0.4, 0.5) is 0 Å². The third-order valence-corrected chi connectivity index (χ3v) is 2.98. The number of pyridine rings is 1. The van der Waals surface area contributed by atoms with Crippen LogP contribution in [-0.2, 0) is 6.54 Å². The second kappa shape index (κ2) is 5.78. The largest absolute Gasteiger partial charge is 0.334 e. The van der Waals surface area contributed by atoms with Gasteiger partial charge in [0.15, 0.2) is 0 Å². The number of hydrogen-bond acceptors (Lipinski definition) is 3. The van der Waals surface area contributed by atoms with Gasteiger partial charge in [-0.1, -0.05) is 13.0 Å². The average Bonchev–Trinajstić information content (AvgIpc) is 2.84. The number of rotatable bonds is 5. The van der Waals surface area contributed by atoms with Crippen LogP contribution in [0.15, 0.2) is 30.9 Å². The molecular weight excluding hydrogens is 224 g/mol. The van der Waals surface area contributed by atoms with Crippen molar-refractivity contribution in [3.8, 4) is 0 Å². The molecule has 0 saturated heterocycles. The fourth-order valence-corrected chi connectivity index (χ4v) is 2.15. The Bertz CT molecular complexity index is 504. The SMILES string of the molecule is CCNC(c1cncc(C)c1)c1nccn1CC. The molecule has 2 aromatic heterocycles. The van der Waals surface area contributed by atoms with Gasteiger partial charge in [-0.05, 0) is 31.5 Å². The number of hydrogen-bond donors (Lipinski definition) is 1. The molecule has 4 nitrogen and oxygen atoms in total. The Morgan fingerprint density at radius 2 is 2.17 bits per heavy atom. The lowest BCUT2D eigenvalue weighted by Crippen LogP contribution is -2.25. The molecule has 4 heteroatoms. The molecule has 0 spiro atoms. The summed E-state index contributed by atoms with van der Waals surface area (Å²) in [7, 11) is 0. The number of nitrogens with one attached hydrogen (secondary N) is 1. The maximum Gasteiger partial charge on any atom is 0.130 e. The van der Waals surface area contributed by atoms with Gasteiger partial charge in [0, 0.05) is 31.3 Å². The lowest BCUT2D eigenvalue weighted by molar-refractivity contribution is 0.557. The lowest BCUT2D eigenvalue weighted by atomic mass is 10.1. The molecular formula is C14H20N4. The predicted molar refractivity (Wildman–Crippen MR) is 72.4 cm³/mol. The van der Waals surface area contributed by atoms with Crippen LogP contribution in [0, 0.1) is 6.92 Å². The van der Waals surface area contributed by atoms with E-state index in [1.54, 1.807) is 0 Å². The van der Waals surface area contributed by atoms with Crippen LogP contribution < -0.4 is 5.32 Å². The van der Waals surface area contributed by atoms with Crippen LogP contribution in [0.25, 0.3) is 0 Å². The van der Waals surface area contributed by atoms with Crippen molar-refractivity contribution in [3.63, 3.8) is 0 Å². The van der Waals surface area contributed by atoms with E-state index in [2.05, 4.69) is 46.7 Å². The van der Waals surface area contributed by atoms with E-state index in [0.717, 1.165) is 24.5 Å². The van der Waals surface area contributed by atoms with E-state index in [-0.39, 0.29) is 6.04 Å². The molecule has 0 bridgehead atoms. The first-order chi connectivity index (χ1) is 8.76. The van der Waals surface area contributed by atoms with Crippen molar-refractivity contribution in [2.45, 2.75) is 33.4 Å². The summed E-state index contributed by atoms with van der Waals surface area (Å²) < 4.78 is 2.16. The molecule has 2 heterocycles. The van der Waals surface area contributed by atoms with E-state index in [1.165, 1.54) is 5.56 Å². The molecule has 1 atom stereocenters. The fourth-order valence-electron chi connectivity index (χ4n) is 2.15. The first kappa shape index (κ1) is 12.8. The molecule has 0 aliphatic heterocycles. The molecule has 0 aromatic carbocycles. The van der Waals surface area contributed by atoms with E-state index < -0.39 is 0 Å². The van der Waals surface area contributed by atoms with Crippen molar-refractivity contribution in [1.29, 1.82) is 0 Å². The maximum absolute atomic E-state index is 4.48. The molecule has 0 aliphatic rings. The molecule has 1 N–H and O–H groups in total. The van der Waals surface area contributed by atoms with Crippen LogP contribution in [0.1, 0.15) is 36.8 Å². The van der Waals surface area contributed by atoms with Gasteiger partial charge in [-0.2, -0.15) is 0 Å². The standard InChI is InChI=1S/C14H20N4/c1-4-16-13(12-8-11(3)9-15-10-12)14-17-6-7-18(14)5-2/h6-10,13,16H,4-5H2,1-3H3. The summed E-state index contributed by atoms with van der Waals surface area (Å²) in [6, 6.07) is 2.27. The number of nitrogens with zero attached hydrogens (tertiary/aromatic N) is 3. The summed E-state index contributed by atoms with van der Waals surface area (Å²) in [5.41, 5.74) is 2.34. The molecule has 0 aliphatic carbocycles. The van der Waals surface area contributed by atoms with Crippen LogP contribution in [0.2, 0.25) is 0 Å². The highest BCUT2D eigenvalue weighted by molar-refractivity contribution is 5.25. The van der Waals surface area contributed by atoms with Crippen molar-refractivity contribution < 1.29 is 0 Å². The highest BCUT2D eigenvalue weighted by Crippen LogP contribution is 2.20. The van der Waals surface area contributed by atoms with Crippen LogP contribution in [0.5, 0.6) is 0 Å². The third kappa shape index (κ3) is 2.59. The van der Waals surface area contributed by atoms with Gasteiger partial charge in [0.05, 0.1) is 6.04 Å². The molecule has 0 amide bonds. The van der Waals surface area contributed by atoms with Crippen molar-refractivity contribution in [1.82, 2.24) is 19.9 Å². The first-order valence-corrected chi connectivity index (χ1v) is 6.42. The fraction of sp³-hybridized carbons (Fsp3) is 0.429. The summed E-state index contributed by atoms with van der Waals surface area (Å²) in [5, 5.41) is 3.48. The van der Waals surface area contributed by atoms with Crippen LogP contribution >= 0.6 is 0 Å². The minimum atomic E-state index is 0.109. The topological polar surface area (TPSA) is 42.7 Å². The minimum Gasteiger partial charge on any atom is -0.334 e. The average molecular weight is 244 g/mol. The first-order valence-electron chi connectivity index (χ1n) is 6.42. The van der Waals surface area contributed by atoms with E-state index in [9.17, 15) is 0 Å². The normalized spacial score (nSPS) is 12.6. The van der Waals surface area contributed by atoms with Gasteiger partial charge in [0.2, 0.25) is 0 Å². The highest BCUT2D eigenvalue weighted by atomic mass is 15.1. The summed E-state index contributed by atoms with van der Waals surface area (Å²) in [6.45, 7) is 8.12. The Morgan fingerprint density at radius 3 is 2.83 bits per heavy atom. The smallest absolute Gasteiger partial charge is 0.130 e. The summed E-state index contributed by atoms with van der Waals surface area (Å²) in [4.78, 5) is 8.76. The van der Waals surface area contributed by atoms with E-state index >= 15 is 0 Å². The highest BCUT2D eigenvalue weighted by Gasteiger charge is 2.18. The Kier molecular flexibility index (Phi) is 4.10. The van der Waals surface area contributed by atoms with Gasteiger partial charge >= 0.3 is 0 Å². The summed E-state index contributed by atoms with van der Waals surface area (Å²) in [5.74, 6) is 1.05. The van der Waals surface area contributed by atoms with Gasteiger partial charge in [0.1, 0.15) is 5.82 Å². The molecule has 18 heavy (non-hydrogen) atoms. The second-order valence-electron chi connectivity index (χ2n) is 4.36. The summed E-state index contributed by atoms with van der Waals surface area (Å²) >= 11 is 0. The molecule has 1 unspecified atom stereocenters. The molecule has 96 valence electrons. The Hall–Kier alpha value is -1.68. The monoisotopic (exact) mass is 244 g/mol. The lowest BCUT2D eigenvalue weighted by Gasteiger charge is -2.19. The zero-order chi connectivity index (χ0) is 13.0. The molecule has 2 rings (SSSR count). The summed E-state index contributed by atoms with van der Waals surface area (Å²) in [6.07, 6.45) is 7.66. The Morgan fingerprint density at radius 1 is 1.33 bits per heavy atom. The Labute approximate surface area is 108 Å². The molecule has 0 fully saturated rings. The number of imidazole rings is 1. The maximum atomic E-state index is 4.48. The van der Waals surface area contributed by atoms with Gasteiger partial charge in [-0.25, -0.2) is 4.98 Å².